The number of likely N-dealkylation sites (tertiary alicyclic amines) is 1. The number of hydrogen-bond donors (Lipinski definition) is 1. The highest BCUT2D eigenvalue weighted by molar-refractivity contribution is 5.33. The van der Waals surface area contributed by atoms with Crippen LogP contribution in [0, 0.1) is 0 Å². The Hall–Kier alpha value is -1.29. The van der Waals surface area contributed by atoms with E-state index in [0.717, 1.165) is 13.1 Å². The van der Waals surface area contributed by atoms with E-state index >= 15 is 0 Å². The van der Waals surface area contributed by atoms with Crippen molar-refractivity contribution < 1.29 is 0 Å². The number of aromatic nitrogens is 1. The van der Waals surface area contributed by atoms with E-state index < -0.39 is 0 Å². The van der Waals surface area contributed by atoms with Crippen molar-refractivity contribution in [2.24, 2.45) is 0 Å². The van der Waals surface area contributed by atoms with Gasteiger partial charge in [-0.3, -0.25) is 4.79 Å². The Bertz CT molecular complexity index is 380. The van der Waals surface area contributed by atoms with Gasteiger partial charge in [-0.1, -0.05) is 0 Å². The van der Waals surface area contributed by atoms with Crippen LogP contribution < -0.4 is 11.2 Å². The molecule has 0 unspecified atom stereocenters. The standard InChI is InChI=1S/C11H17N3O/c12-10-9-14(6-3-11(10)15)8-7-13-4-1-2-5-13/h3,6,9H,1-2,4-5,7-8,12H2. The Balaban J connectivity index is 1.92. The minimum Gasteiger partial charge on any atom is -0.394 e. The Morgan fingerprint density at radius 3 is 2.67 bits per heavy atom. The van der Waals surface area contributed by atoms with E-state index in [-0.39, 0.29) is 5.43 Å². The molecule has 1 aliphatic heterocycles. The molecule has 0 aliphatic carbocycles. The summed E-state index contributed by atoms with van der Waals surface area (Å²) in [5.74, 6) is 0. The lowest BCUT2D eigenvalue weighted by molar-refractivity contribution is 0.322. The van der Waals surface area contributed by atoms with Crippen LogP contribution in [0.5, 0.6) is 0 Å². The van der Waals surface area contributed by atoms with E-state index in [2.05, 4.69) is 4.90 Å². The van der Waals surface area contributed by atoms with Gasteiger partial charge in [0.25, 0.3) is 0 Å². The van der Waals surface area contributed by atoms with E-state index in [1.165, 1.54) is 32.0 Å². The number of hydrogen-bond acceptors (Lipinski definition) is 3. The van der Waals surface area contributed by atoms with Crippen molar-refractivity contribution in [2.45, 2.75) is 19.4 Å². The predicted molar refractivity (Wildman–Crippen MR) is 60.8 cm³/mol. The first kappa shape index (κ1) is 10.2. The van der Waals surface area contributed by atoms with Gasteiger partial charge in [0.2, 0.25) is 5.43 Å². The fraction of sp³-hybridized carbons (Fsp3) is 0.545. The first-order valence-electron chi connectivity index (χ1n) is 5.43. The van der Waals surface area contributed by atoms with E-state index in [1.54, 1.807) is 12.4 Å². The molecule has 1 saturated heterocycles. The average Bonchev–Trinajstić information content (AvgIpc) is 2.73. The highest BCUT2D eigenvalue weighted by atomic mass is 16.1. The Morgan fingerprint density at radius 1 is 1.27 bits per heavy atom. The number of nitrogens with two attached hydrogens (primary N) is 1. The maximum atomic E-state index is 11.1. The zero-order valence-corrected chi connectivity index (χ0v) is 8.85. The van der Waals surface area contributed by atoms with Crippen LogP contribution in [0.15, 0.2) is 23.3 Å². The van der Waals surface area contributed by atoms with Crippen molar-refractivity contribution >= 4 is 5.69 Å². The quantitative estimate of drug-likeness (QED) is 0.786. The summed E-state index contributed by atoms with van der Waals surface area (Å²) in [7, 11) is 0. The van der Waals surface area contributed by atoms with Crippen LogP contribution in [0.3, 0.4) is 0 Å². The van der Waals surface area contributed by atoms with Crippen LogP contribution in [0.4, 0.5) is 5.69 Å². The summed E-state index contributed by atoms with van der Waals surface area (Å²) in [6.45, 7) is 4.36. The Kier molecular flexibility index (Phi) is 3.06. The van der Waals surface area contributed by atoms with Crippen molar-refractivity contribution in [3.05, 3.63) is 28.7 Å². The average molecular weight is 207 g/mol. The SMILES string of the molecule is Nc1cn(CCN2CCCC2)ccc1=O. The first-order chi connectivity index (χ1) is 7.25. The van der Waals surface area contributed by atoms with Crippen LogP contribution in [-0.4, -0.2) is 29.1 Å². The van der Waals surface area contributed by atoms with Gasteiger partial charge < -0.3 is 15.2 Å². The van der Waals surface area contributed by atoms with Crippen LogP contribution in [0.25, 0.3) is 0 Å². The fourth-order valence-corrected chi connectivity index (χ4v) is 1.95. The van der Waals surface area contributed by atoms with Crippen LogP contribution in [-0.2, 0) is 6.54 Å². The van der Waals surface area contributed by atoms with Crippen molar-refractivity contribution in [3.8, 4) is 0 Å². The van der Waals surface area contributed by atoms with Gasteiger partial charge in [0.1, 0.15) is 0 Å². The number of pyridine rings is 1. The molecule has 1 fully saturated rings. The van der Waals surface area contributed by atoms with E-state index in [1.807, 2.05) is 4.57 Å². The third kappa shape index (κ3) is 2.59. The van der Waals surface area contributed by atoms with Crippen LogP contribution in [0.2, 0.25) is 0 Å². The largest absolute Gasteiger partial charge is 0.394 e. The molecule has 4 nitrogen and oxygen atoms in total. The summed E-state index contributed by atoms with van der Waals surface area (Å²) < 4.78 is 1.98. The topological polar surface area (TPSA) is 51.3 Å². The summed E-state index contributed by atoms with van der Waals surface area (Å²) in [6.07, 6.45) is 6.14. The Morgan fingerprint density at radius 2 is 2.00 bits per heavy atom. The van der Waals surface area contributed by atoms with E-state index in [4.69, 9.17) is 5.73 Å². The second kappa shape index (κ2) is 4.49. The van der Waals surface area contributed by atoms with Gasteiger partial charge in [-0.05, 0) is 25.9 Å². The highest BCUT2D eigenvalue weighted by Gasteiger charge is 2.10. The summed E-state index contributed by atoms with van der Waals surface area (Å²) >= 11 is 0. The van der Waals surface area contributed by atoms with Crippen molar-refractivity contribution in [1.29, 1.82) is 0 Å². The molecule has 1 aromatic rings. The summed E-state index contributed by atoms with van der Waals surface area (Å²) in [6, 6.07) is 1.53. The minimum atomic E-state index is -0.0903. The maximum absolute atomic E-state index is 11.1. The second-order valence-electron chi connectivity index (χ2n) is 4.05. The van der Waals surface area contributed by atoms with Gasteiger partial charge in [-0.2, -0.15) is 0 Å². The van der Waals surface area contributed by atoms with E-state index in [9.17, 15) is 4.79 Å². The molecule has 0 saturated carbocycles. The zero-order chi connectivity index (χ0) is 10.7. The summed E-state index contributed by atoms with van der Waals surface area (Å²) in [5.41, 5.74) is 5.80. The molecule has 15 heavy (non-hydrogen) atoms. The van der Waals surface area contributed by atoms with Crippen LogP contribution >= 0.6 is 0 Å². The third-order valence-electron chi connectivity index (χ3n) is 2.88. The number of anilines is 1. The number of rotatable bonds is 3. The summed E-state index contributed by atoms with van der Waals surface area (Å²) in [5, 5.41) is 0. The minimum absolute atomic E-state index is 0.0903. The van der Waals surface area contributed by atoms with Crippen molar-refractivity contribution in [3.63, 3.8) is 0 Å². The second-order valence-corrected chi connectivity index (χ2v) is 4.05. The molecule has 1 aliphatic rings. The smallest absolute Gasteiger partial charge is 0.204 e. The monoisotopic (exact) mass is 207 g/mol. The molecule has 0 bridgehead atoms. The van der Waals surface area contributed by atoms with Crippen molar-refractivity contribution in [2.75, 3.05) is 25.4 Å². The molecule has 82 valence electrons. The van der Waals surface area contributed by atoms with Gasteiger partial charge in [-0.15, -0.1) is 0 Å². The molecule has 0 amide bonds. The maximum Gasteiger partial charge on any atom is 0.204 e. The van der Waals surface area contributed by atoms with Crippen LogP contribution in [0.1, 0.15) is 12.8 Å². The molecular weight excluding hydrogens is 190 g/mol. The molecule has 0 spiro atoms. The summed E-state index contributed by atoms with van der Waals surface area (Å²) in [4.78, 5) is 13.5. The van der Waals surface area contributed by atoms with Gasteiger partial charge in [-0.25, -0.2) is 0 Å². The van der Waals surface area contributed by atoms with Gasteiger partial charge >= 0.3 is 0 Å². The lowest BCUT2D eigenvalue weighted by atomic mass is 10.4. The molecule has 2 heterocycles. The molecule has 4 heteroatoms. The predicted octanol–water partition coefficient (Wildman–Crippen LogP) is 0.526. The zero-order valence-electron chi connectivity index (χ0n) is 8.85. The molecule has 1 aromatic heterocycles. The molecule has 0 radical (unpaired) electrons. The lowest BCUT2D eigenvalue weighted by Gasteiger charge is -2.15. The normalized spacial score (nSPS) is 17.1. The first-order valence-corrected chi connectivity index (χ1v) is 5.43. The van der Waals surface area contributed by atoms with Gasteiger partial charge in [0.05, 0.1) is 5.69 Å². The fourth-order valence-electron chi connectivity index (χ4n) is 1.95. The number of nitrogen functional groups attached to an aromatic ring is 1. The van der Waals surface area contributed by atoms with E-state index in [0.29, 0.717) is 5.69 Å². The van der Waals surface area contributed by atoms with Gasteiger partial charge in [0.15, 0.2) is 0 Å². The van der Waals surface area contributed by atoms with Gasteiger partial charge in [0, 0.05) is 31.5 Å². The molecule has 2 N–H and O–H groups in total. The molecule has 0 atom stereocenters. The van der Waals surface area contributed by atoms with Crippen molar-refractivity contribution in [1.82, 2.24) is 9.47 Å². The number of nitrogens with zero attached hydrogens (tertiary/aromatic N) is 2. The highest BCUT2D eigenvalue weighted by Crippen LogP contribution is 2.06. The Labute approximate surface area is 89.3 Å². The molecular formula is C11H17N3O. The third-order valence-corrected chi connectivity index (χ3v) is 2.88. The molecule has 0 aromatic carbocycles. The molecule has 2 rings (SSSR count). The lowest BCUT2D eigenvalue weighted by Crippen LogP contribution is -2.24.